The summed E-state index contributed by atoms with van der Waals surface area (Å²) in [7, 11) is 0. The molecule has 0 heterocycles. The Bertz CT molecular complexity index is 2090. The molecule has 0 atom stereocenters. The summed E-state index contributed by atoms with van der Waals surface area (Å²) in [5, 5.41) is 7.69. The second-order valence-electron chi connectivity index (χ2n) is 11.4. The van der Waals surface area contributed by atoms with Crippen LogP contribution >= 0.6 is 0 Å². The summed E-state index contributed by atoms with van der Waals surface area (Å²) in [5.74, 6) is 0. The number of hydrogen-bond donors (Lipinski definition) is 0. The maximum Gasteiger partial charge on any atom is 0.0159 e. The quantitative estimate of drug-likeness (QED) is 0.209. The van der Waals surface area contributed by atoms with Crippen molar-refractivity contribution in [1.29, 1.82) is 0 Å². The molecule has 0 bridgehead atoms. The van der Waals surface area contributed by atoms with Gasteiger partial charge in [-0.25, -0.2) is 0 Å². The molecule has 0 heteroatoms. The highest BCUT2D eigenvalue weighted by molar-refractivity contribution is 6.09. The van der Waals surface area contributed by atoms with Crippen LogP contribution in [0.1, 0.15) is 25.0 Å². The Morgan fingerprint density at radius 3 is 1.64 bits per heavy atom. The van der Waals surface area contributed by atoms with Crippen LogP contribution in [0.2, 0.25) is 0 Å². The van der Waals surface area contributed by atoms with E-state index in [1.165, 1.54) is 76.8 Å². The van der Waals surface area contributed by atoms with E-state index in [1.54, 1.807) is 0 Å². The van der Waals surface area contributed by atoms with E-state index in [0.717, 1.165) is 0 Å². The molecule has 7 aromatic rings. The zero-order chi connectivity index (χ0) is 26.1. The number of benzene rings is 7. The largest absolute Gasteiger partial charge is 0.0619 e. The molecule has 0 aromatic heterocycles. The third-order valence-corrected chi connectivity index (χ3v) is 8.83. The van der Waals surface area contributed by atoms with Gasteiger partial charge in [0.1, 0.15) is 0 Å². The van der Waals surface area contributed by atoms with E-state index in [-0.39, 0.29) is 5.41 Å². The normalized spacial score (nSPS) is 13.6. The van der Waals surface area contributed by atoms with Crippen molar-refractivity contribution in [3.8, 4) is 33.4 Å². The average Bonchev–Trinajstić information content (AvgIpc) is 3.21. The lowest BCUT2D eigenvalue weighted by molar-refractivity contribution is 0.660. The van der Waals surface area contributed by atoms with Gasteiger partial charge in [0.05, 0.1) is 0 Å². The second kappa shape index (κ2) is 8.16. The molecule has 0 N–H and O–H groups in total. The van der Waals surface area contributed by atoms with Crippen LogP contribution in [0.3, 0.4) is 0 Å². The second-order valence-corrected chi connectivity index (χ2v) is 11.4. The Labute approximate surface area is 229 Å². The third kappa shape index (κ3) is 3.31. The van der Waals surface area contributed by atoms with E-state index in [1.807, 2.05) is 0 Å². The van der Waals surface area contributed by atoms with Gasteiger partial charge in [-0.05, 0) is 101 Å². The van der Waals surface area contributed by atoms with Crippen LogP contribution in [0.15, 0.2) is 133 Å². The predicted molar refractivity (Wildman–Crippen MR) is 167 cm³/mol. The Morgan fingerprint density at radius 2 is 0.897 bits per heavy atom. The van der Waals surface area contributed by atoms with Gasteiger partial charge in [-0.1, -0.05) is 123 Å². The lowest BCUT2D eigenvalue weighted by Crippen LogP contribution is -2.14. The molecular formula is C39H28. The molecule has 0 unspecified atom stereocenters. The fourth-order valence-electron chi connectivity index (χ4n) is 6.78. The van der Waals surface area contributed by atoms with Crippen molar-refractivity contribution in [2.75, 3.05) is 0 Å². The summed E-state index contributed by atoms with van der Waals surface area (Å²) in [6, 6.07) is 49.5. The maximum absolute atomic E-state index is 2.43. The molecule has 7 aromatic carbocycles. The monoisotopic (exact) mass is 496 g/mol. The summed E-state index contributed by atoms with van der Waals surface area (Å²) in [4.78, 5) is 0. The minimum absolute atomic E-state index is 0.00598. The number of rotatable bonds is 2. The van der Waals surface area contributed by atoms with Crippen molar-refractivity contribution in [3.05, 3.63) is 145 Å². The van der Waals surface area contributed by atoms with Gasteiger partial charge < -0.3 is 0 Å². The van der Waals surface area contributed by atoms with Crippen molar-refractivity contribution < 1.29 is 0 Å². The minimum Gasteiger partial charge on any atom is -0.0619 e. The fourth-order valence-corrected chi connectivity index (χ4v) is 6.78. The van der Waals surface area contributed by atoms with Crippen LogP contribution in [0.4, 0.5) is 0 Å². The molecule has 0 aliphatic heterocycles. The molecule has 0 amide bonds. The number of fused-ring (bicyclic) bond motifs is 6. The van der Waals surface area contributed by atoms with Gasteiger partial charge in [0, 0.05) is 5.41 Å². The van der Waals surface area contributed by atoms with E-state index in [4.69, 9.17) is 0 Å². The molecule has 39 heavy (non-hydrogen) atoms. The van der Waals surface area contributed by atoms with Gasteiger partial charge in [0.2, 0.25) is 0 Å². The van der Waals surface area contributed by atoms with Gasteiger partial charge >= 0.3 is 0 Å². The van der Waals surface area contributed by atoms with Crippen molar-refractivity contribution in [2.24, 2.45) is 0 Å². The summed E-state index contributed by atoms with van der Waals surface area (Å²) in [6.45, 7) is 4.71. The molecule has 0 nitrogen and oxygen atoms in total. The standard InChI is InChI=1S/C39H28/c1-39(2)37-16-6-5-13-33(37)34-20-19-30(24-38(34)39)32-15-8-12-28-22-35-27(23-36(28)32)11-7-14-31(35)29-18-17-25-9-3-4-10-26(25)21-29/h3-24H,1-2H3. The van der Waals surface area contributed by atoms with Crippen LogP contribution < -0.4 is 0 Å². The smallest absolute Gasteiger partial charge is 0.0159 e. The van der Waals surface area contributed by atoms with Gasteiger partial charge in [0.25, 0.3) is 0 Å². The van der Waals surface area contributed by atoms with Crippen LogP contribution in [0.5, 0.6) is 0 Å². The molecule has 8 rings (SSSR count). The van der Waals surface area contributed by atoms with Crippen molar-refractivity contribution >= 4 is 32.3 Å². The molecule has 1 aliphatic carbocycles. The van der Waals surface area contributed by atoms with Gasteiger partial charge in [0.15, 0.2) is 0 Å². The van der Waals surface area contributed by atoms with Crippen molar-refractivity contribution in [2.45, 2.75) is 19.3 Å². The zero-order valence-electron chi connectivity index (χ0n) is 22.2. The molecule has 184 valence electrons. The molecule has 0 spiro atoms. The average molecular weight is 497 g/mol. The fraction of sp³-hybridized carbons (Fsp3) is 0.0769. The summed E-state index contributed by atoms with van der Waals surface area (Å²) >= 11 is 0. The van der Waals surface area contributed by atoms with Crippen LogP contribution in [-0.4, -0.2) is 0 Å². The molecule has 0 saturated carbocycles. The molecule has 0 fully saturated rings. The highest BCUT2D eigenvalue weighted by atomic mass is 14.4. The van der Waals surface area contributed by atoms with Crippen molar-refractivity contribution in [3.63, 3.8) is 0 Å². The highest BCUT2D eigenvalue weighted by Crippen LogP contribution is 2.50. The van der Waals surface area contributed by atoms with E-state index in [9.17, 15) is 0 Å². The Balaban J connectivity index is 1.30. The Morgan fingerprint density at radius 1 is 0.359 bits per heavy atom. The van der Waals surface area contributed by atoms with E-state index >= 15 is 0 Å². The molecule has 1 aliphatic rings. The SMILES string of the molecule is CC1(C)c2ccccc2-c2ccc(-c3cccc4cc5c(-c6ccc7ccccc7c6)cccc5cc34)cc21. The summed E-state index contributed by atoms with van der Waals surface area (Å²) in [5.41, 5.74) is 10.7. The van der Waals surface area contributed by atoms with Gasteiger partial charge in [-0.2, -0.15) is 0 Å². The van der Waals surface area contributed by atoms with E-state index in [0.29, 0.717) is 0 Å². The Kier molecular flexibility index (Phi) is 4.67. The van der Waals surface area contributed by atoms with Gasteiger partial charge in [-0.15, -0.1) is 0 Å². The lowest BCUT2D eigenvalue weighted by atomic mass is 9.81. The number of hydrogen-bond acceptors (Lipinski definition) is 0. The minimum atomic E-state index is -0.00598. The lowest BCUT2D eigenvalue weighted by Gasteiger charge is -2.22. The topological polar surface area (TPSA) is 0 Å². The van der Waals surface area contributed by atoms with Crippen molar-refractivity contribution in [1.82, 2.24) is 0 Å². The molecule has 0 radical (unpaired) electrons. The first-order chi connectivity index (χ1) is 19.1. The maximum atomic E-state index is 2.43. The summed E-state index contributed by atoms with van der Waals surface area (Å²) in [6.07, 6.45) is 0. The molecule has 0 saturated heterocycles. The van der Waals surface area contributed by atoms with E-state index in [2.05, 4.69) is 147 Å². The Hall–Kier alpha value is -4.68. The van der Waals surface area contributed by atoms with Crippen LogP contribution in [0.25, 0.3) is 65.7 Å². The summed E-state index contributed by atoms with van der Waals surface area (Å²) < 4.78 is 0. The third-order valence-electron chi connectivity index (χ3n) is 8.83. The van der Waals surface area contributed by atoms with Crippen LogP contribution in [-0.2, 0) is 5.41 Å². The van der Waals surface area contributed by atoms with Gasteiger partial charge in [-0.3, -0.25) is 0 Å². The highest BCUT2D eigenvalue weighted by Gasteiger charge is 2.35. The first-order valence-corrected chi connectivity index (χ1v) is 13.8. The van der Waals surface area contributed by atoms with Crippen LogP contribution in [0, 0.1) is 0 Å². The molecular weight excluding hydrogens is 468 g/mol. The predicted octanol–water partition coefficient (Wildman–Crippen LogP) is 10.8. The van der Waals surface area contributed by atoms with E-state index < -0.39 is 0 Å². The first-order valence-electron chi connectivity index (χ1n) is 13.8. The zero-order valence-corrected chi connectivity index (χ0v) is 22.2. The first kappa shape index (κ1) is 22.3.